The minimum atomic E-state index is 0.935. The second kappa shape index (κ2) is 4.30. The van der Waals surface area contributed by atoms with E-state index in [0.29, 0.717) is 0 Å². The normalized spacial score (nSPS) is 34.3. The second-order valence-electron chi connectivity index (χ2n) is 5.12. The largest absolute Gasteiger partial charge is 0.100 e. The molecule has 0 spiro atoms. The van der Waals surface area contributed by atoms with E-state index < -0.39 is 0 Å². The average molecular weight is 180 g/mol. The molecule has 3 unspecified atom stereocenters. The Hall–Kier alpha value is -0.260. The summed E-state index contributed by atoms with van der Waals surface area (Å²) in [6, 6.07) is 0. The van der Waals surface area contributed by atoms with E-state index in [1.807, 2.05) is 0 Å². The fraction of sp³-hybridized carbons (Fsp3) is 0.846. The molecule has 1 rings (SSSR count). The van der Waals surface area contributed by atoms with E-state index in [1.165, 1.54) is 24.8 Å². The van der Waals surface area contributed by atoms with Crippen molar-refractivity contribution >= 4 is 0 Å². The quantitative estimate of drug-likeness (QED) is 0.554. The summed E-state index contributed by atoms with van der Waals surface area (Å²) in [5, 5.41) is 0. The number of rotatable bonds is 5. The first-order valence-corrected chi connectivity index (χ1v) is 5.68. The molecule has 0 bridgehead atoms. The van der Waals surface area contributed by atoms with Gasteiger partial charge in [0.2, 0.25) is 0 Å². The average Bonchev–Trinajstić information content (AvgIpc) is 2.59. The maximum Gasteiger partial charge on any atom is -0.0326 e. The predicted molar refractivity (Wildman–Crippen MR) is 59.6 cm³/mol. The lowest BCUT2D eigenvalue weighted by Gasteiger charge is -2.10. The predicted octanol–water partition coefficient (Wildman–Crippen LogP) is 4.27. The van der Waals surface area contributed by atoms with Crippen molar-refractivity contribution in [2.75, 3.05) is 0 Å². The van der Waals surface area contributed by atoms with Crippen molar-refractivity contribution in [1.82, 2.24) is 0 Å². The van der Waals surface area contributed by atoms with Crippen LogP contribution in [0.3, 0.4) is 0 Å². The molecule has 0 aromatic heterocycles. The van der Waals surface area contributed by atoms with Gasteiger partial charge >= 0.3 is 0 Å². The molecule has 0 saturated heterocycles. The highest BCUT2D eigenvalue weighted by molar-refractivity contribution is 4.94. The topological polar surface area (TPSA) is 0 Å². The van der Waals surface area contributed by atoms with Crippen LogP contribution in [0.2, 0.25) is 0 Å². The van der Waals surface area contributed by atoms with Gasteiger partial charge in [0.05, 0.1) is 0 Å². The molecule has 0 aromatic carbocycles. The molecule has 0 N–H and O–H groups in total. The fourth-order valence-corrected chi connectivity index (χ4v) is 2.66. The third-order valence-corrected chi connectivity index (χ3v) is 3.82. The lowest BCUT2D eigenvalue weighted by Crippen LogP contribution is -1.99. The Morgan fingerprint density at radius 3 is 2.23 bits per heavy atom. The van der Waals surface area contributed by atoms with Crippen molar-refractivity contribution in [3.05, 3.63) is 12.2 Å². The first-order chi connectivity index (χ1) is 6.04. The summed E-state index contributed by atoms with van der Waals surface area (Å²) >= 11 is 0. The molecule has 0 radical (unpaired) electrons. The summed E-state index contributed by atoms with van der Waals surface area (Å²) in [5.41, 5.74) is 1.34. The van der Waals surface area contributed by atoms with Crippen LogP contribution in [-0.2, 0) is 0 Å². The molecule has 0 heterocycles. The molecule has 1 aliphatic carbocycles. The Morgan fingerprint density at radius 2 is 1.85 bits per heavy atom. The van der Waals surface area contributed by atoms with Crippen LogP contribution in [0, 0.1) is 23.7 Å². The van der Waals surface area contributed by atoms with E-state index in [2.05, 4.69) is 34.3 Å². The monoisotopic (exact) mass is 180 g/mol. The summed E-state index contributed by atoms with van der Waals surface area (Å²) in [5.74, 6) is 3.93. The minimum absolute atomic E-state index is 0.935. The molecule has 0 aromatic rings. The zero-order chi connectivity index (χ0) is 10.0. The van der Waals surface area contributed by atoms with Crippen molar-refractivity contribution in [3.63, 3.8) is 0 Å². The maximum absolute atomic E-state index is 3.94. The number of hydrogen-bond acceptors (Lipinski definition) is 0. The Morgan fingerprint density at radius 1 is 1.31 bits per heavy atom. The van der Waals surface area contributed by atoms with Crippen LogP contribution in [-0.4, -0.2) is 0 Å². The zero-order valence-electron chi connectivity index (χ0n) is 9.64. The van der Waals surface area contributed by atoms with Crippen molar-refractivity contribution in [1.29, 1.82) is 0 Å². The molecule has 3 atom stereocenters. The SMILES string of the molecule is C=C(C)CCCC(C)C1C(C)C1C. The maximum atomic E-state index is 3.94. The highest BCUT2D eigenvalue weighted by Crippen LogP contribution is 2.51. The molecule has 1 aliphatic rings. The molecule has 0 heteroatoms. The van der Waals surface area contributed by atoms with E-state index in [1.54, 1.807) is 0 Å². The second-order valence-corrected chi connectivity index (χ2v) is 5.12. The van der Waals surface area contributed by atoms with Crippen molar-refractivity contribution in [2.45, 2.75) is 47.0 Å². The smallest absolute Gasteiger partial charge is 0.0326 e. The van der Waals surface area contributed by atoms with Crippen LogP contribution in [0.1, 0.15) is 47.0 Å². The minimum Gasteiger partial charge on any atom is -0.100 e. The lowest BCUT2D eigenvalue weighted by molar-refractivity contribution is 0.423. The van der Waals surface area contributed by atoms with Crippen LogP contribution >= 0.6 is 0 Å². The third-order valence-electron chi connectivity index (χ3n) is 3.82. The number of allylic oxidation sites excluding steroid dienone is 1. The van der Waals surface area contributed by atoms with Crippen molar-refractivity contribution in [2.24, 2.45) is 23.7 Å². The van der Waals surface area contributed by atoms with Crippen LogP contribution in [0.15, 0.2) is 12.2 Å². The summed E-state index contributed by atoms with van der Waals surface area (Å²) < 4.78 is 0. The van der Waals surface area contributed by atoms with Gasteiger partial charge in [-0.3, -0.25) is 0 Å². The summed E-state index contributed by atoms with van der Waals surface area (Å²) in [4.78, 5) is 0. The van der Waals surface area contributed by atoms with Crippen molar-refractivity contribution in [3.8, 4) is 0 Å². The van der Waals surface area contributed by atoms with E-state index >= 15 is 0 Å². The van der Waals surface area contributed by atoms with Gasteiger partial charge in [-0.05, 0) is 43.4 Å². The van der Waals surface area contributed by atoms with Gasteiger partial charge in [-0.25, -0.2) is 0 Å². The van der Waals surface area contributed by atoms with E-state index in [-0.39, 0.29) is 0 Å². The Bertz CT molecular complexity index is 172. The summed E-state index contributed by atoms with van der Waals surface area (Å²) in [6.07, 6.45) is 3.96. The molecule has 0 aliphatic heterocycles. The van der Waals surface area contributed by atoms with Gasteiger partial charge < -0.3 is 0 Å². The van der Waals surface area contributed by atoms with Gasteiger partial charge in [-0.2, -0.15) is 0 Å². The summed E-state index contributed by atoms with van der Waals surface area (Å²) in [7, 11) is 0. The Balaban J connectivity index is 2.12. The first-order valence-electron chi connectivity index (χ1n) is 5.68. The zero-order valence-corrected chi connectivity index (χ0v) is 9.64. The third kappa shape index (κ3) is 2.86. The number of hydrogen-bond donors (Lipinski definition) is 0. The van der Waals surface area contributed by atoms with Crippen LogP contribution in [0.25, 0.3) is 0 Å². The first kappa shape index (κ1) is 10.8. The van der Waals surface area contributed by atoms with Crippen LogP contribution < -0.4 is 0 Å². The van der Waals surface area contributed by atoms with Gasteiger partial charge in [0.1, 0.15) is 0 Å². The van der Waals surface area contributed by atoms with E-state index in [9.17, 15) is 0 Å². The molecule has 13 heavy (non-hydrogen) atoms. The highest BCUT2D eigenvalue weighted by Gasteiger charge is 2.45. The molecule has 0 amide bonds. The van der Waals surface area contributed by atoms with Gasteiger partial charge in [0, 0.05) is 0 Å². The Labute approximate surface area is 83.4 Å². The van der Waals surface area contributed by atoms with Crippen LogP contribution in [0.5, 0.6) is 0 Å². The van der Waals surface area contributed by atoms with E-state index in [4.69, 9.17) is 0 Å². The summed E-state index contributed by atoms with van der Waals surface area (Å²) in [6.45, 7) is 13.3. The van der Waals surface area contributed by atoms with Crippen molar-refractivity contribution < 1.29 is 0 Å². The lowest BCUT2D eigenvalue weighted by atomic mass is 9.96. The molecule has 1 saturated carbocycles. The van der Waals surface area contributed by atoms with E-state index in [0.717, 1.165) is 23.7 Å². The van der Waals surface area contributed by atoms with Gasteiger partial charge in [0.25, 0.3) is 0 Å². The fourth-order valence-electron chi connectivity index (χ4n) is 2.66. The Kier molecular flexibility index (Phi) is 3.58. The highest BCUT2D eigenvalue weighted by atomic mass is 14.5. The molecule has 1 fully saturated rings. The van der Waals surface area contributed by atoms with Gasteiger partial charge in [-0.1, -0.05) is 32.8 Å². The molecule has 0 nitrogen and oxygen atoms in total. The molecular weight excluding hydrogens is 156 g/mol. The van der Waals surface area contributed by atoms with Gasteiger partial charge in [-0.15, -0.1) is 6.58 Å². The van der Waals surface area contributed by atoms with Crippen LogP contribution in [0.4, 0.5) is 0 Å². The van der Waals surface area contributed by atoms with Gasteiger partial charge in [0.15, 0.2) is 0 Å². The molecule has 76 valence electrons. The molecular formula is C13H24. The standard InChI is InChI=1S/C13H24/c1-9(2)7-6-8-10(3)13-11(4)12(13)5/h10-13H,1,6-8H2,2-5H3.